The van der Waals surface area contributed by atoms with Gasteiger partial charge in [0.2, 0.25) is 0 Å². The fourth-order valence-corrected chi connectivity index (χ4v) is 2.99. The van der Waals surface area contributed by atoms with E-state index in [4.69, 9.17) is 0 Å². The standard InChI is InChI=1S/C12H20N2O3S/c1-18(16,17)10-8-13-14(9-10)11-6-4-2-3-5-7-12(11)15/h8-9,11-12,15H,2-7H2,1H3. The fourth-order valence-electron chi connectivity index (χ4n) is 2.45. The van der Waals surface area contributed by atoms with Crippen molar-refractivity contribution in [1.82, 2.24) is 9.78 Å². The van der Waals surface area contributed by atoms with Crippen molar-refractivity contribution in [3.63, 3.8) is 0 Å². The van der Waals surface area contributed by atoms with E-state index in [1.165, 1.54) is 25.1 Å². The van der Waals surface area contributed by atoms with E-state index in [9.17, 15) is 13.5 Å². The summed E-state index contributed by atoms with van der Waals surface area (Å²) in [5, 5.41) is 14.2. The van der Waals surface area contributed by atoms with Gasteiger partial charge in [0, 0.05) is 12.5 Å². The molecule has 1 aromatic heterocycles. The van der Waals surface area contributed by atoms with Crippen molar-refractivity contribution >= 4 is 9.84 Å². The van der Waals surface area contributed by atoms with Gasteiger partial charge in [-0.15, -0.1) is 0 Å². The van der Waals surface area contributed by atoms with Crippen molar-refractivity contribution in [3.8, 4) is 0 Å². The second-order valence-electron chi connectivity index (χ2n) is 5.05. The van der Waals surface area contributed by atoms with E-state index < -0.39 is 15.9 Å². The fraction of sp³-hybridized carbons (Fsp3) is 0.750. The molecule has 1 heterocycles. The van der Waals surface area contributed by atoms with Crippen LogP contribution in [0, 0.1) is 0 Å². The average Bonchev–Trinajstić information content (AvgIpc) is 2.72. The molecule has 1 N–H and O–H groups in total. The van der Waals surface area contributed by atoms with Crippen LogP contribution < -0.4 is 0 Å². The highest BCUT2D eigenvalue weighted by atomic mass is 32.2. The van der Waals surface area contributed by atoms with Crippen molar-refractivity contribution in [2.75, 3.05) is 6.26 Å². The van der Waals surface area contributed by atoms with Crippen LogP contribution in [0.3, 0.4) is 0 Å². The summed E-state index contributed by atoms with van der Waals surface area (Å²) in [6.07, 6.45) is 9.66. The lowest BCUT2D eigenvalue weighted by Gasteiger charge is -2.25. The summed E-state index contributed by atoms with van der Waals surface area (Å²) in [6.45, 7) is 0. The number of hydrogen-bond donors (Lipinski definition) is 1. The van der Waals surface area contributed by atoms with Gasteiger partial charge in [0.1, 0.15) is 4.90 Å². The molecule has 1 saturated carbocycles. The molecule has 1 fully saturated rings. The van der Waals surface area contributed by atoms with Gasteiger partial charge in [0.05, 0.1) is 18.3 Å². The van der Waals surface area contributed by atoms with Crippen LogP contribution >= 0.6 is 0 Å². The average molecular weight is 272 g/mol. The normalized spacial score (nSPS) is 26.6. The van der Waals surface area contributed by atoms with Crippen LogP contribution in [-0.4, -0.2) is 35.7 Å². The maximum Gasteiger partial charge on any atom is 0.178 e. The van der Waals surface area contributed by atoms with E-state index in [2.05, 4.69) is 5.10 Å². The second kappa shape index (κ2) is 5.40. The minimum absolute atomic E-state index is 0.0965. The number of rotatable bonds is 2. The largest absolute Gasteiger partial charge is 0.391 e. The third-order valence-corrected chi connectivity index (χ3v) is 4.61. The first-order chi connectivity index (χ1) is 8.48. The Hall–Kier alpha value is -0.880. The summed E-state index contributed by atoms with van der Waals surface area (Å²) in [6, 6.07) is -0.0965. The molecule has 102 valence electrons. The van der Waals surface area contributed by atoms with Crippen LogP contribution in [0.25, 0.3) is 0 Å². The Morgan fingerprint density at radius 2 is 1.94 bits per heavy atom. The van der Waals surface area contributed by atoms with E-state index >= 15 is 0 Å². The molecule has 2 atom stereocenters. The molecule has 0 bridgehead atoms. The van der Waals surface area contributed by atoms with Gasteiger partial charge in [-0.25, -0.2) is 8.42 Å². The highest BCUT2D eigenvalue weighted by molar-refractivity contribution is 7.90. The summed E-state index contributed by atoms with van der Waals surface area (Å²) < 4.78 is 24.5. The first kappa shape index (κ1) is 13.5. The molecule has 0 amide bonds. The summed E-state index contributed by atoms with van der Waals surface area (Å²) >= 11 is 0. The summed E-state index contributed by atoms with van der Waals surface area (Å²) in [5.41, 5.74) is 0. The molecule has 18 heavy (non-hydrogen) atoms. The monoisotopic (exact) mass is 272 g/mol. The first-order valence-electron chi connectivity index (χ1n) is 6.41. The van der Waals surface area contributed by atoms with Gasteiger partial charge in [0.25, 0.3) is 0 Å². The Morgan fingerprint density at radius 1 is 1.28 bits per heavy atom. The molecule has 0 aromatic carbocycles. The van der Waals surface area contributed by atoms with Crippen LogP contribution in [0.15, 0.2) is 17.3 Å². The Morgan fingerprint density at radius 3 is 2.56 bits per heavy atom. The molecule has 1 aromatic rings. The second-order valence-corrected chi connectivity index (χ2v) is 7.07. The molecular formula is C12H20N2O3S. The highest BCUT2D eigenvalue weighted by Crippen LogP contribution is 2.27. The zero-order valence-corrected chi connectivity index (χ0v) is 11.4. The van der Waals surface area contributed by atoms with Crippen molar-refractivity contribution < 1.29 is 13.5 Å². The molecule has 0 aliphatic heterocycles. The molecule has 2 rings (SSSR count). The zero-order valence-electron chi connectivity index (χ0n) is 10.6. The number of aliphatic hydroxyl groups excluding tert-OH is 1. The number of nitrogens with zero attached hydrogens (tertiary/aromatic N) is 2. The molecular weight excluding hydrogens is 252 g/mol. The van der Waals surface area contributed by atoms with Crippen LogP contribution in [0.4, 0.5) is 0 Å². The summed E-state index contributed by atoms with van der Waals surface area (Å²) in [5.74, 6) is 0. The predicted molar refractivity (Wildman–Crippen MR) is 68.1 cm³/mol. The number of aliphatic hydroxyl groups is 1. The van der Waals surface area contributed by atoms with Gasteiger partial charge in [-0.3, -0.25) is 4.68 Å². The number of sulfone groups is 1. The van der Waals surface area contributed by atoms with Gasteiger partial charge in [-0.1, -0.05) is 25.7 Å². The minimum Gasteiger partial charge on any atom is -0.391 e. The SMILES string of the molecule is CS(=O)(=O)c1cnn(C2CCCCCCC2O)c1. The maximum atomic E-state index is 11.4. The number of aromatic nitrogens is 2. The topological polar surface area (TPSA) is 72.2 Å². The van der Waals surface area contributed by atoms with E-state index in [0.717, 1.165) is 32.1 Å². The predicted octanol–water partition coefficient (Wildman–Crippen LogP) is 1.54. The molecule has 0 spiro atoms. The Kier molecular flexibility index (Phi) is 4.07. The zero-order chi connectivity index (χ0) is 13.2. The first-order valence-corrected chi connectivity index (χ1v) is 8.30. The van der Waals surface area contributed by atoms with E-state index in [1.54, 1.807) is 4.68 Å². The van der Waals surface area contributed by atoms with Gasteiger partial charge in [0.15, 0.2) is 9.84 Å². The van der Waals surface area contributed by atoms with Gasteiger partial charge in [-0.2, -0.15) is 5.10 Å². The smallest absolute Gasteiger partial charge is 0.178 e. The Labute approximate surface area is 108 Å². The Bertz CT molecular complexity index is 495. The van der Waals surface area contributed by atoms with Crippen LogP contribution in [0.5, 0.6) is 0 Å². The van der Waals surface area contributed by atoms with Crippen molar-refractivity contribution in [2.45, 2.75) is 55.6 Å². The molecule has 0 saturated heterocycles. The van der Waals surface area contributed by atoms with Crippen LogP contribution in [0.1, 0.15) is 44.6 Å². The maximum absolute atomic E-state index is 11.4. The van der Waals surface area contributed by atoms with Crippen molar-refractivity contribution in [1.29, 1.82) is 0 Å². The van der Waals surface area contributed by atoms with Gasteiger partial charge >= 0.3 is 0 Å². The van der Waals surface area contributed by atoms with Crippen molar-refractivity contribution in [2.24, 2.45) is 0 Å². The molecule has 0 radical (unpaired) electrons. The Balaban J connectivity index is 2.20. The van der Waals surface area contributed by atoms with Crippen molar-refractivity contribution in [3.05, 3.63) is 12.4 Å². The number of hydrogen-bond acceptors (Lipinski definition) is 4. The third kappa shape index (κ3) is 3.11. The lowest BCUT2D eigenvalue weighted by Crippen LogP contribution is -2.25. The molecule has 1 aliphatic rings. The summed E-state index contributed by atoms with van der Waals surface area (Å²) in [7, 11) is -3.22. The third-order valence-electron chi connectivity index (χ3n) is 3.54. The molecule has 1 aliphatic carbocycles. The van der Waals surface area contributed by atoms with Crippen LogP contribution in [0.2, 0.25) is 0 Å². The lowest BCUT2D eigenvalue weighted by molar-refractivity contribution is 0.0825. The molecule has 6 heteroatoms. The van der Waals surface area contributed by atoms with E-state index in [-0.39, 0.29) is 10.9 Å². The van der Waals surface area contributed by atoms with Gasteiger partial charge in [-0.05, 0) is 12.8 Å². The molecule has 2 unspecified atom stereocenters. The van der Waals surface area contributed by atoms with E-state index in [1.807, 2.05) is 0 Å². The minimum atomic E-state index is -3.22. The lowest BCUT2D eigenvalue weighted by atomic mass is 9.94. The van der Waals surface area contributed by atoms with Crippen LogP contribution in [-0.2, 0) is 9.84 Å². The van der Waals surface area contributed by atoms with E-state index in [0.29, 0.717) is 0 Å². The quantitative estimate of drug-likeness (QED) is 0.886. The van der Waals surface area contributed by atoms with Gasteiger partial charge < -0.3 is 5.11 Å². The summed E-state index contributed by atoms with van der Waals surface area (Å²) in [4.78, 5) is 0.219. The highest BCUT2D eigenvalue weighted by Gasteiger charge is 2.24. The molecule has 5 nitrogen and oxygen atoms in total.